The van der Waals surface area contributed by atoms with Gasteiger partial charge in [0, 0.05) is 18.5 Å². The quantitative estimate of drug-likeness (QED) is 0.847. The van der Waals surface area contributed by atoms with Gasteiger partial charge >= 0.3 is 6.03 Å². The van der Waals surface area contributed by atoms with Crippen LogP contribution >= 0.6 is 11.3 Å². The molecular weight excluding hydrogens is 286 g/mol. The number of hydrogen-bond donors (Lipinski definition) is 2. The lowest BCUT2D eigenvalue weighted by molar-refractivity contribution is 0.222. The molecule has 1 saturated heterocycles. The number of carbonyl (C=O) groups is 1. The van der Waals surface area contributed by atoms with E-state index >= 15 is 0 Å². The second-order valence-corrected chi connectivity index (χ2v) is 6.75. The third-order valence-corrected chi connectivity index (χ3v) is 4.92. The first-order valence-electron chi connectivity index (χ1n) is 7.72. The summed E-state index contributed by atoms with van der Waals surface area (Å²) < 4.78 is 0. The Morgan fingerprint density at radius 2 is 2.05 bits per heavy atom. The summed E-state index contributed by atoms with van der Waals surface area (Å²) in [6.45, 7) is 9.27. The van der Waals surface area contributed by atoms with Crippen molar-refractivity contribution in [3.8, 4) is 0 Å². The van der Waals surface area contributed by atoms with Crippen molar-refractivity contribution >= 4 is 22.5 Å². The molecule has 1 aromatic rings. The van der Waals surface area contributed by atoms with Gasteiger partial charge in [0.15, 0.2) is 0 Å². The first-order valence-corrected chi connectivity index (χ1v) is 8.54. The first kappa shape index (κ1) is 16.2. The predicted molar refractivity (Wildman–Crippen MR) is 85.9 cm³/mol. The van der Waals surface area contributed by atoms with Gasteiger partial charge in [-0.05, 0) is 32.4 Å². The molecule has 0 spiro atoms. The molecule has 1 atom stereocenters. The van der Waals surface area contributed by atoms with Crippen molar-refractivity contribution in [1.82, 2.24) is 20.4 Å². The fourth-order valence-corrected chi connectivity index (χ4v) is 3.25. The van der Waals surface area contributed by atoms with Gasteiger partial charge in [-0.2, -0.15) is 0 Å². The second kappa shape index (κ2) is 7.70. The van der Waals surface area contributed by atoms with E-state index in [4.69, 9.17) is 0 Å². The summed E-state index contributed by atoms with van der Waals surface area (Å²) in [4.78, 5) is 14.4. The van der Waals surface area contributed by atoms with Crippen LogP contribution < -0.4 is 10.6 Å². The minimum atomic E-state index is -0.195. The number of urea groups is 1. The maximum Gasteiger partial charge on any atom is 0.321 e. The molecule has 0 radical (unpaired) electrons. The lowest BCUT2D eigenvalue weighted by Crippen LogP contribution is -2.43. The zero-order chi connectivity index (χ0) is 15.2. The Morgan fingerprint density at radius 3 is 2.62 bits per heavy atom. The van der Waals surface area contributed by atoms with Crippen LogP contribution in [-0.2, 0) is 0 Å². The average molecular weight is 311 g/mol. The second-order valence-electron chi connectivity index (χ2n) is 5.74. The molecule has 1 aliphatic heterocycles. The van der Waals surface area contributed by atoms with Gasteiger partial charge in [-0.15, -0.1) is 10.2 Å². The van der Waals surface area contributed by atoms with E-state index in [1.54, 1.807) is 0 Å². The highest BCUT2D eigenvalue weighted by Crippen LogP contribution is 2.22. The highest BCUT2D eigenvalue weighted by Gasteiger charge is 2.21. The molecule has 2 rings (SSSR count). The van der Waals surface area contributed by atoms with Gasteiger partial charge in [0.2, 0.25) is 5.13 Å². The lowest BCUT2D eigenvalue weighted by atomic mass is 10.2. The Bertz CT molecular complexity index is 456. The van der Waals surface area contributed by atoms with Gasteiger partial charge < -0.3 is 5.32 Å². The summed E-state index contributed by atoms with van der Waals surface area (Å²) in [6, 6.07) is 0.234. The number of nitrogens with one attached hydrogen (secondary N) is 2. The van der Waals surface area contributed by atoms with Crippen LogP contribution in [0.15, 0.2) is 0 Å². The van der Waals surface area contributed by atoms with E-state index < -0.39 is 0 Å². The molecule has 0 saturated carbocycles. The summed E-state index contributed by atoms with van der Waals surface area (Å²) in [5.41, 5.74) is 0. The third kappa shape index (κ3) is 4.64. The van der Waals surface area contributed by atoms with Crippen LogP contribution in [0.1, 0.15) is 51.0 Å². The van der Waals surface area contributed by atoms with Crippen LogP contribution in [0.2, 0.25) is 0 Å². The monoisotopic (exact) mass is 311 g/mol. The van der Waals surface area contributed by atoms with E-state index in [-0.39, 0.29) is 6.03 Å². The normalized spacial score (nSPS) is 17.1. The zero-order valence-electron chi connectivity index (χ0n) is 13.1. The maximum absolute atomic E-state index is 11.9. The number of hydrogen-bond acceptors (Lipinski definition) is 5. The van der Waals surface area contributed by atoms with Gasteiger partial charge in [0.1, 0.15) is 5.01 Å². The zero-order valence-corrected chi connectivity index (χ0v) is 13.9. The van der Waals surface area contributed by atoms with Gasteiger partial charge in [-0.3, -0.25) is 10.2 Å². The van der Waals surface area contributed by atoms with Crippen LogP contribution in [0.5, 0.6) is 0 Å². The fourth-order valence-electron chi connectivity index (χ4n) is 2.51. The van der Waals surface area contributed by atoms with Crippen LogP contribution in [-0.4, -0.2) is 46.8 Å². The molecule has 118 valence electrons. The number of nitrogens with zero attached hydrogens (tertiary/aromatic N) is 3. The van der Waals surface area contributed by atoms with E-state index in [2.05, 4.69) is 46.5 Å². The molecule has 1 aliphatic rings. The smallest absolute Gasteiger partial charge is 0.321 e. The standard InChI is InChI=1S/C14H25N5OS/c1-4-11(19-7-5-6-8-19)9-15-13(20)16-14-18-17-12(21-14)10(2)3/h10-11H,4-9H2,1-3H3,(H2,15,16,18,20)/t11-/m0/s1. The van der Waals surface area contributed by atoms with Crippen molar-refractivity contribution in [2.45, 2.75) is 52.0 Å². The van der Waals surface area contributed by atoms with Crippen molar-refractivity contribution < 1.29 is 4.79 Å². The number of aromatic nitrogens is 2. The van der Waals surface area contributed by atoms with E-state index in [0.717, 1.165) is 24.5 Å². The molecule has 0 aliphatic carbocycles. The number of likely N-dealkylation sites (tertiary alicyclic amines) is 1. The lowest BCUT2D eigenvalue weighted by Gasteiger charge is -2.26. The number of anilines is 1. The molecule has 0 bridgehead atoms. The fraction of sp³-hybridized carbons (Fsp3) is 0.786. The molecule has 2 amide bonds. The molecular formula is C14H25N5OS. The van der Waals surface area contributed by atoms with Crippen molar-refractivity contribution in [2.24, 2.45) is 0 Å². The first-order chi connectivity index (χ1) is 10.1. The van der Waals surface area contributed by atoms with E-state index in [1.807, 2.05) is 0 Å². The Labute approximate surface area is 130 Å². The highest BCUT2D eigenvalue weighted by atomic mass is 32.1. The Hall–Kier alpha value is -1.21. The van der Waals surface area contributed by atoms with Crippen molar-refractivity contribution in [3.05, 3.63) is 5.01 Å². The van der Waals surface area contributed by atoms with Crippen LogP contribution in [0.25, 0.3) is 0 Å². The molecule has 0 aromatic carbocycles. The Kier molecular flexibility index (Phi) is 5.93. The minimum absolute atomic E-state index is 0.195. The molecule has 21 heavy (non-hydrogen) atoms. The SMILES string of the molecule is CC[C@@H](CNC(=O)Nc1nnc(C(C)C)s1)N1CCCC1. The summed E-state index contributed by atoms with van der Waals surface area (Å²) in [7, 11) is 0. The molecule has 1 fully saturated rings. The van der Waals surface area contributed by atoms with Crippen LogP contribution in [0.3, 0.4) is 0 Å². The van der Waals surface area contributed by atoms with Crippen molar-refractivity contribution in [3.63, 3.8) is 0 Å². The average Bonchev–Trinajstić information content (AvgIpc) is 3.10. The predicted octanol–water partition coefficient (Wildman–Crippen LogP) is 2.66. The highest BCUT2D eigenvalue weighted by molar-refractivity contribution is 7.15. The van der Waals surface area contributed by atoms with E-state index in [9.17, 15) is 4.79 Å². The van der Waals surface area contributed by atoms with E-state index in [0.29, 0.717) is 23.6 Å². The summed E-state index contributed by atoms with van der Waals surface area (Å²) in [5.74, 6) is 0.334. The summed E-state index contributed by atoms with van der Waals surface area (Å²) >= 11 is 1.43. The summed E-state index contributed by atoms with van der Waals surface area (Å²) in [6.07, 6.45) is 3.59. The Morgan fingerprint density at radius 1 is 1.33 bits per heavy atom. The van der Waals surface area contributed by atoms with Crippen LogP contribution in [0.4, 0.5) is 9.93 Å². The van der Waals surface area contributed by atoms with Gasteiger partial charge in [-0.25, -0.2) is 4.79 Å². The minimum Gasteiger partial charge on any atom is -0.336 e. The molecule has 1 aromatic heterocycles. The number of rotatable bonds is 6. The summed E-state index contributed by atoms with van der Waals surface area (Å²) in [5, 5.41) is 15.3. The van der Waals surface area contributed by atoms with Gasteiger partial charge in [0.05, 0.1) is 0 Å². The van der Waals surface area contributed by atoms with Gasteiger partial charge in [-0.1, -0.05) is 32.1 Å². The topological polar surface area (TPSA) is 70.1 Å². The molecule has 2 N–H and O–H groups in total. The maximum atomic E-state index is 11.9. The van der Waals surface area contributed by atoms with Crippen LogP contribution in [0, 0.1) is 0 Å². The Balaban J connectivity index is 1.77. The number of amides is 2. The largest absolute Gasteiger partial charge is 0.336 e. The molecule has 2 heterocycles. The molecule has 0 unspecified atom stereocenters. The third-order valence-electron chi connectivity index (χ3n) is 3.78. The van der Waals surface area contributed by atoms with E-state index in [1.165, 1.54) is 24.2 Å². The number of carbonyl (C=O) groups excluding carboxylic acids is 1. The molecule has 7 heteroatoms. The van der Waals surface area contributed by atoms with Gasteiger partial charge in [0.25, 0.3) is 0 Å². The van der Waals surface area contributed by atoms with Crippen molar-refractivity contribution in [2.75, 3.05) is 25.0 Å². The van der Waals surface area contributed by atoms with Crippen molar-refractivity contribution in [1.29, 1.82) is 0 Å². The molecule has 6 nitrogen and oxygen atoms in total.